The Balaban J connectivity index is 0. The summed E-state index contributed by atoms with van der Waals surface area (Å²) in [7, 11) is 0. The van der Waals surface area contributed by atoms with Crippen LogP contribution in [0.5, 0.6) is 0 Å². The smallest absolute Gasteiger partial charge is 0.318 e. The second-order valence-electron chi connectivity index (χ2n) is 4.31. The fourth-order valence-corrected chi connectivity index (χ4v) is 1.03. The van der Waals surface area contributed by atoms with Crippen LogP contribution in [0.15, 0.2) is 0 Å². The van der Waals surface area contributed by atoms with Crippen LogP contribution in [0, 0.1) is 17.3 Å². The molecule has 5 heteroatoms. The average Bonchev–Trinajstić information content (AvgIpc) is 1.82. The Morgan fingerprint density at radius 1 is 1.07 bits per heavy atom. The molecular weight excluding hydrogens is 196 g/mol. The van der Waals surface area contributed by atoms with Gasteiger partial charge in [0.25, 0.3) is 0 Å². The highest BCUT2D eigenvalue weighted by Gasteiger charge is 2.38. The number of rotatable bonds is 3. The van der Waals surface area contributed by atoms with E-state index < -0.39 is 23.8 Å². The predicted molar refractivity (Wildman–Crippen MR) is 55.9 cm³/mol. The van der Waals surface area contributed by atoms with Crippen LogP contribution in [0.2, 0.25) is 0 Å². The van der Waals surface area contributed by atoms with Crippen molar-refractivity contribution in [3.8, 4) is 0 Å². The molecule has 0 aliphatic rings. The van der Waals surface area contributed by atoms with E-state index in [1.165, 1.54) is 0 Å². The van der Waals surface area contributed by atoms with Crippen LogP contribution >= 0.6 is 0 Å². The lowest BCUT2D eigenvalue weighted by molar-refractivity contribution is -0.159. The van der Waals surface area contributed by atoms with Crippen LogP contribution in [0.3, 0.4) is 0 Å². The lowest BCUT2D eigenvalue weighted by Gasteiger charge is -2.29. The minimum absolute atomic E-state index is 0. The summed E-state index contributed by atoms with van der Waals surface area (Å²) >= 11 is 0. The summed E-state index contributed by atoms with van der Waals surface area (Å²) in [6.45, 7) is 7.14. The molecule has 0 bridgehead atoms. The Kier molecular flexibility index (Phi) is 6.41. The maximum absolute atomic E-state index is 10.6. The van der Waals surface area contributed by atoms with Crippen LogP contribution in [-0.4, -0.2) is 45.2 Å². The molecule has 0 saturated heterocycles. The van der Waals surface area contributed by atoms with Gasteiger partial charge in [-0.05, 0) is 11.3 Å². The van der Waals surface area contributed by atoms with Gasteiger partial charge in [0.2, 0.25) is 0 Å². The van der Waals surface area contributed by atoms with E-state index in [2.05, 4.69) is 0 Å². The molecule has 2 N–H and O–H groups in total. The van der Waals surface area contributed by atoms with Crippen LogP contribution < -0.4 is 0 Å². The second-order valence-corrected chi connectivity index (χ2v) is 4.31. The molecule has 0 aromatic carbocycles. The van der Waals surface area contributed by atoms with Crippen molar-refractivity contribution < 1.29 is 19.8 Å². The summed E-state index contributed by atoms with van der Waals surface area (Å²) in [4.78, 5) is 21.3. The quantitative estimate of drug-likeness (QED) is 0.531. The van der Waals surface area contributed by atoms with Crippen molar-refractivity contribution in [1.82, 2.24) is 0 Å². The standard InChI is InChI=1S/C9H16O4.Mg.2H/c1-5(9(2,3)4)6(7(10)11)8(12)13;;;/h5-6H,1-4H3,(H,10,11)(H,12,13);;;. The molecule has 0 aromatic rings. The highest BCUT2D eigenvalue weighted by Crippen LogP contribution is 2.31. The normalized spacial score (nSPS) is 13.2. The largest absolute Gasteiger partial charge is 0.481 e. The monoisotopic (exact) mass is 214 g/mol. The molecule has 1 unspecified atom stereocenters. The first kappa shape index (κ1) is 16.1. The number of carbonyl (C=O) groups is 2. The summed E-state index contributed by atoms with van der Waals surface area (Å²) in [6, 6.07) is 0. The van der Waals surface area contributed by atoms with E-state index in [0.29, 0.717) is 0 Å². The molecule has 0 aromatic heterocycles. The van der Waals surface area contributed by atoms with Gasteiger partial charge in [-0.2, -0.15) is 0 Å². The summed E-state index contributed by atoms with van der Waals surface area (Å²) in [6.07, 6.45) is 0. The number of hydrogen-bond donors (Lipinski definition) is 2. The molecule has 14 heavy (non-hydrogen) atoms. The fourth-order valence-electron chi connectivity index (χ4n) is 1.03. The van der Waals surface area contributed by atoms with Gasteiger partial charge in [-0.15, -0.1) is 0 Å². The zero-order valence-electron chi connectivity index (χ0n) is 8.37. The van der Waals surface area contributed by atoms with Crippen LogP contribution in [-0.2, 0) is 9.59 Å². The molecule has 4 nitrogen and oxygen atoms in total. The van der Waals surface area contributed by atoms with Crippen molar-refractivity contribution in [2.45, 2.75) is 27.7 Å². The maximum Gasteiger partial charge on any atom is 0.318 e. The molecule has 0 fully saturated rings. The number of carboxylic acid groups (broad SMARTS) is 2. The van der Waals surface area contributed by atoms with Gasteiger partial charge >= 0.3 is 35.0 Å². The second kappa shape index (κ2) is 5.55. The van der Waals surface area contributed by atoms with Gasteiger partial charge in [0.05, 0.1) is 0 Å². The Labute approximate surface area is 99.8 Å². The Hall–Kier alpha value is -0.294. The Morgan fingerprint density at radius 3 is 1.43 bits per heavy atom. The van der Waals surface area contributed by atoms with Crippen molar-refractivity contribution in [2.75, 3.05) is 0 Å². The van der Waals surface area contributed by atoms with E-state index in [0.717, 1.165) is 0 Å². The van der Waals surface area contributed by atoms with Crippen molar-refractivity contribution in [3.63, 3.8) is 0 Å². The van der Waals surface area contributed by atoms with Gasteiger partial charge in [0.15, 0.2) is 5.92 Å². The maximum atomic E-state index is 10.6. The van der Waals surface area contributed by atoms with Gasteiger partial charge in [-0.1, -0.05) is 27.7 Å². The molecule has 0 aliphatic heterocycles. The first-order chi connectivity index (χ1) is 5.68. The zero-order valence-corrected chi connectivity index (χ0v) is 8.37. The molecule has 0 amide bonds. The van der Waals surface area contributed by atoms with Crippen molar-refractivity contribution in [3.05, 3.63) is 0 Å². The van der Waals surface area contributed by atoms with Crippen molar-refractivity contribution >= 4 is 35.0 Å². The molecule has 0 spiro atoms. The third-order valence-electron chi connectivity index (χ3n) is 2.40. The lowest BCUT2D eigenvalue weighted by atomic mass is 9.74. The van der Waals surface area contributed by atoms with Gasteiger partial charge in [-0.25, -0.2) is 0 Å². The number of hydrogen-bond acceptors (Lipinski definition) is 2. The summed E-state index contributed by atoms with van der Waals surface area (Å²) < 4.78 is 0. The molecule has 0 aliphatic carbocycles. The zero-order chi connectivity index (χ0) is 10.8. The first-order valence-corrected chi connectivity index (χ1v) is 4.13. The Morgan fingerprint density at radius 2 is 1.36 bits per heavy atom. The van der Waals surface area contributed by atoms with Gasteiger partial charge < -0.3 is 10.2 Å². The Bertz CT molecular complexity index is 205. The van der Waals surface area contributed by atoms with E-state index in [-0.39, 0.29) is 28.5 Å². The molecule has 1 atom stereocenters. The third kappa shape index (κ3) is 4.28. The van der Waals surface area contributed by atoms with Gasteiger partial charge in [-0.3, -0.25) is 9.59 Å². The molecule has 0 radical (unpaired) electrons. The highest BCUT2D eigenvalue weighted by molar-refractivity contribution is 5.93. The molecule has 80 valence electrons. The van der Waals surface area contributed by atoms with Gasteiger partial charge in [0.1, 0.15) is 0 Å². The molecule has 0 saturated carbocycles. The minimum atomic E-state index is -1.32. The SMILES string of the molecule is CC(C(C(=O)O)C(=O)O)C(C)(C)C.[MgH2]. The molecule has 0 heterocycles. The average molecular weight is 215 g/mol. The van der Waals surface area contributed by atoms with Gasteiger partial charge in [0, 0.05) is 0 Å². The minimum Gasteiger partial charge on any atom is -0.481 e. The van der Waals surface area contributed by atoms with Crippen LogP contribution in [0.4, 0.5) is 0 Å². The van der Waals surface area contributed by atoms with E-state index in [9.17, 15) is 9.59 Å². The number of carboxylic acids is 2. The van der Waals surface area contributed by atoms with Crippen molar-refractivity contribution in [1.29, 1.82) is 0 Å². The highest BCUT2D eigenvalue weighted by atomic mass is 24.3. The fraction of sp³-hybridized carbons (Fsp3) is 0.778. The van der Waals surface area contributed by atoms with Crippen LogP contribution in [0.1, 0.15) is 27.7 Å². The van der Waals surface area contributed by atoms with E-state index in [4.69, 9.17) is 10.2 Å². The first-order valence-electron chi connectivity index (χ1n) is 4.13. The van der Waals surface area contributed by atoms with E-state index >= 15 is 0 Å². The summed E-state index contributed by atoms with van der Waals surface area (Å²) in [5.41, 5.74) is -0.318. The lowest BCUT2D eigenvalue weighted by Crippen LogP contribution is -2.36. The summed E-state index contributed by atoms with van der Waals surface area (Å²) in [5.74, 6) is -4.26. The van der Waals surface area contributed by atoms with E-state index in [1.807, 2.05) is 20.8 Å². The molecule has 0 rings (SSSR count). The number of aliphatic carboxylic acids is 2. The van der Waals surface area contributed by atoms with E-state index in [1.54, 1.807) is 6.92 Å². The van der Waals surface area contributed by atoms with Crippen LogP contribution in [0.25, 0.3) is 0 Å². The topological polar surface area (TPSA) is 74.6 Å². The predicted octanol–water partition coefficient (Wildman–Crippen LogP) is 0.538. The summed E-state index contributed by atoms with van der Waals surface area (Å²) in [5, 5.41) is 17.4. The van der Waals surface area contributed by atoms with Crippen molar-refractivity contribution in [2.24, 2.45) is 17.3 Å². The molecular formula is C9H18MgO4. The third-order valence-corrected chi connectivity index (χ3v) is 2.40.